The Kier molecular flexibility index (Phi) is 6.67. The summed E-state index contributed by atoms with van der Waals surface area (Å²) in [6.07, 6.45) is -1.08. The Morgan fingerprint density at radius 1 is 0.875 bits per heavy atom. The largest absolute Gasteiger partial charge is 0.409 e. The quantitative estimate of drug-likeness (QED) is 0.749. The lowest BCUT2D eigenvalue weighted by atomic mass is 9.93. The first kappa shape index (κ1) is 22.4. The van der Waals surface area contributed by atoms with Crippen molar-refractivity contribution in [2.75, 3.05) is 6.61 Å². The van der Waals surface area contributed by atoms with Crippen molar-refractivity contribution in [1.82, 2.24) is 0 Å². The molecule has 140 valence electrons. The van der Waals surface area contributed by atoms with Crippen molar-refractivity contribution < 1.29 is 18.7 Å². The van der Waals surface area contributed by atoms with Gasteiger partial charge < -0.3 is 18.7 Å². The zero-order valence-electron chi connectivity index (χ0n) is 17.3. The van der Waals surface area contributed by atoms with Gasteiger partial charge in [0.15, 0.2) is 16.6 Å². The van der Waals surface area contributed by atoms with Crippen molar-refractivity contribution in [3.8, 4) is 0 Å². The molecule has 0 aromatic heterocycles. The number of ether oxygens (including phenoxy) is 1. The number of aliphatic hydroxyl groups excluding tert-OH is 1. The van der Waals surface area contributed by atoms with E-state index in [-0.39, 0.29) is 28.9 Å². The van der Waals surface area contributed by atoms with Gasteiger partial charge >= 0.3 is 0 Å². The summed E-state index contributed by atoms with van der Waals surface area (Å²) in [4.78, 5) is 0. The summed E-state index contributed by atoms with van der Waals surface area (Å²) in [5.41, 5.74) is 0. The normalized spacial score (nSPS) is 30.0. The highest BCUT2D eigenvalue weighted by Gasteiger charge is 2.51. The molecule has 1 saturated heterocycles. The summed E-state index contributed by atoms with van der Waals surface area (Å²) in [7, 11) is 2.16. The van der Waals surface area contributed by atoms with Crippen LogP contribution in [0.1, 0.15) is 41.5 Å². The Balaban J connectivity index is 3.08. The standard InChI is InChI=1S/C17H37BO4Si2/c1-16(2,3)23(7,8)21-13-12(11-19)20-15(18)14(13)22-24(9,10)17(4,5)6/h12-15,19H,11H2,1-10H3/t12-,13-,14?,15-/m1/s1. The van der Waals surface area contributed by atoms with Crippen LogP contribution in [-0.2, 0) is 13.6 Å². The van der Waals surface area contributed by atoms with Gasteiger partial charge in [-0.15, -0.1) is 0 Å². The molecule has 2 radical (unpaired) electrons. The lowest BCUT2D eigenvalue weighted by Gasteiger charge is -2.44. The summed E-state index contributed by atoms with van der Waals surface area (Å²) < 4.78 is 18.9. The monoisotopic (exact) mass is 372 g/mol. The molecule has 0 saturated carbocycles. The second-order valence-corrected chi connectivity index (χ2v) is 19.5. The molecule has 1 heterocycles. The predicted octanol–water partition coefficient (Wildman–Crippen LogP) is 3.65. The van der Waals surface area contributed by atoms with Crippen molar-refractivity contribution >= 4 is 24.5 Å². The Hall–Kier alpha value is 0.339. The molecule has 1 aliphatic rings. The fourth-order valence-electron chi connectivity index (χ4n) is 2.21. The van der Waals surface area contributed by atoms with Crippen LogP contribution in [0.3, 0.4) is 0 Å². The third kappa shape index (κ3) is 4.74. The summed E-state index contributed by atoms with van der Waals surface area (Å²) in [6, 6.07) is -0.564. The molecular weight excluding hydrogens is 335 g/mol. The van der Waals surface area contributed by atoms with Crippen LogP contribution < -0.4 is 0 Å². The minimum Gasteiger partial charge on any atom is -0.409 e. The van der Waals surface area contributed by atoms with Gasteiger partial charge in [-0.25, -0.2) is 0 Å². The minimum atomic E-state index is -2.03. The van der Waals surface area contributed by atoms with Crippen LogP contribution in [-0.4, -0.2) is 60.5 Å². The van der Waals surface area contributed by atoms with Crippen LogP contribution in [0, 0.1) is 0 Å². The Labute approximate surface area is 152 Å². The SMILES string of the molecule is [B][C@@H]1O[C@H](CO)[C@@H](O[Si](C)(C)C(C)(C)C)C1O[Si](C)(C)C(C)(C)C. The first-order valence-electron chi connectivity index (χ1n) is 8.91. The topological polar surface area (TPSA) is 47.9 Å². The van der Waals surface area contributed by atoms with Gasteiger partial charge in [0.05, 0.1) is 12.7 Å². The van der Waals surface area contributed by atoms with Gasteiger partial charge in [0.1, 0.15) is 20.1 Å². The Bertz CT molecular complexity index is 429. The van der Waals surface area contributed by atoms with Crippen LogP contribution in [0.15, 0.2) is 0 Å². The zero-order chi connectivity index (χ0) is 19.1. The molecule has 1 aliphatic heterocycles. The Morgan fingerprint density at radius 3 is 1.58 bits per heavy atom. The highest BCUT2D eigenvalue weighted by atomic mass is 28.4. The van der Waals surface area contributed by atoms with Crippen LogP contribution in [0.25, 0.3) is 0 Å². The fourth-order valence-corrected chi connectivity index (χ4v) is 4.84. The van der Waals surface area contributed by atoms with Crippen molar-refractivity contribution in [3.63, 3.8) is 0 Å². The molecule has 24 heavy (non-hydrogen) atoms. The average molecular weight is 372 g/mol. The maximum absolute atomic E-state index is 9.74. The fraction of sp³-hybridized carbons (Fsp3) is 1.00. The first-order valence-corrected chi connectivity index (χ1v) is 14.7. The van der Waals surface area contributed by atoms with Crippen molar-refractivity contribution in [2.45, 2.75) is 102 Å². The maximum atomic E-state index is 9.74. The van der Waals surface area contributed by atoms with E-state index < -0.39 is 28.7 Å². The Morgan fingerprint density at radius 2 is 1.25 bits per heavy atom. The lowest BCUT2D eigenvalue weighted by molar-refractivity contribution is -0.00269. The van der Waals surface area contributed by atoms with Crippen molar-refractivity contribution in [1.29, 1.82) is 0 Å². The molecule has 0 aromatic carbocycles. The third-order valence-electron chi connectivity index (χ3n) is 6.00. The van der Waals surface area contributed by atoms with Gasteiger partial charge in [-0.3, -0.25) is 0 Å². The van der Waals surface area contributed by atoms with Crippen molar-refractivity contribution in [2.24, 2.45) is 0 Å². The number of hydrogen-bond donors (Lipinski definition) is 1. The van der Waals surface area contributed by atoms with Gasteiger partial charge in [-0.2, -0.15) is 0 Å². The molecule has 1 unspecified atom stereocenters. The molecule has 7 heteroatoms. The highest BCUT2D eigenvalue weighted by Crippen LogP contribution is 2.43. The van der Waals surface area contributed by atoms with E-state index in [4.69, 9.17) is 21.4 Å². The van der Waals surface area contributed by atoms with E-state index >= 15 is 0 Å². The van der Waals surface area contributed by atoms with Crippen LogP contribution in [0.2, 0.25) is 36.3 Å². The van der Waals surface area contributed by atoms with E-state index in [1.807, 2.05) is 0 Å². The van der Waals surface area contributed by atoms with Crippen LogP contribution >= 0.6 is 0 Å². The van der Waals surface area contributed by atoms with Gasteiger partial charge in [0.2, 0.25) is 0 Å². The first-order chi connectivity index (χ1) is 10.5. The van der Waals surface area contributed by atoms with Crippen LogP contribution in [0.5, 0.6) is 0 Å². The second-order valence-electron chi connectivity index (χ2n) is 10.0. The van der Waals surface area contributed by atoms with Gasteiger partial charge in [0.25, 0.3) is 0 Å². The van der Waals surface area contributed by atoms with Crippen LogP contribution in [0.4, 0.5) is 0 Å². The van der Waals surface area contributed by atoms with Gasteiger partial charge in [-0.05, 0) is 36.3 Å². The second kappa shape index (κ2) is 7.16. The molecule has 1 fully saturated rings. The predicted molar refractivity (Wildman–Crippen MR) is 106 cm³/mol. The summed E-state index contributed by atoms with van der Waals surface area (Å²) in [5.74, 6) is 0. The summed E-state index contributed by atoms with van der Waals surface area (Å²) in [5, 5.41) is 9.89. The molecule has 0 aliphatic carbocycles. The molecule has 4 nitrogen and oxygen atoms in total. The lowest BCUT2D eigenvalue weighted by Crippen LogP contribution is -2.54. The molecule has 4 atom stereocenters. The molecule has 0 spiro atoms. The molecule has 1 N–H and O–H groups in total. The molecule has 0 aromatic rings. The smallest absolute Gasteiger partial charge is 0.192 e. The van der Waals surface area contributed by atoms with E-state index in [1.165, 1.54) is 0 Å². The molecule has 0 bridgehead atoms. The molecule has 1 rings (SSSR count). The highest BCUT2D eigenvalue weighted by molar-refractivity contribution is 6.74. The number of aliphatic hydroxyl groups is 1. The molecule has 0 amide bonds. The number of hydrogen-bond acceptors (Lipinski definition) is 4. The maximum Gasteiger partial charge on any atom is 0.192 e. The van der Waals surface area contributed by atoms with E-state index in [2.05, 4.69) is 67.7 Å². The average Bonchev–Trinajstić information content (AvgIpc) is 2.63. The third-order valence-corrected chi connectivity index (χ3v) is 14.9. The summed E-state index contributed by atoms with van der Waals surface area (Å²) >= 11 is 0. The van der Waals surface area contributed by atoms with E-state index in [9.17, 15) is 5.11 Å². The van der Waals surface area contributed by atoms with E-state index in [0.29, 0.717) is 0 Å². The van der Waals surface area contributed by atoms with E-state index in [0.717, 1.165) is 0 Å². The van der Waals surface area contributed by atoms with Gasteiger partial charge in [-0.1, -0.05) is 41.5 Å². The van der Waals surface area contributed by atoms with Gasteiger partial charge in [0, 0.05) is 6.00 Å². The minimum absolute atomic E-state index is 0.0706. The van der Waals surface area contributed by atoms with Crippen molar-refractivity contribution in [3.05, 3.63) is 0 Å². The summed E-state index contributed by atoms with van der Waals surface area (Å²) in [6.45, 7) is 21.9. The zero-order valence-corrected chi connectivity index (χ0v) is 19.3. The van der Waals surface area contributed by atoms with E-state index in [1.54, 1.807) is 0 Å². The molecular formula is C17H37BO4Si2. The number of rotatable bonds is 5.